The van der Waals surface area contributed by atoms with Crippen molar-refractivity contribution in [1.29, 1.82) is 0 Å². The SMILES string of the molecule is COc1c(Nc2cc(NC(=O)C3CC3)ncc2C(C)=O)cccc1C(=O)NC1CCOCC1. The first kappa shape index (κ1) is 22.7. The second-order valence-corrected chi connectivity index (χ2v) is 8.31. The smallest absolute Gasteiger partial charge is 0.255 e. The predicted molar refractivity (Wildman–Crippen MR) is 123 cm³/mol. The highest BCUT2D eigenvalue weighted by atomic mass is 16.5. The predicted octanol–water partition coefficient (Wildman–Crippen LogP) is 3.29. The Bertz CT molecular complexity index is 1060. The number of Topliss-reactive ketones (excluding diaryl/α,β-unsaturated/α-hetero) is 1. The molecule has 0 unspecified atom stereocenters. The monoisotopic (exact) mass is 452 g/mol. The fraction of sp³-hybridized carbons (Fsp3) is 0.417. The van der Waals surface area contributed by atoms with Gasteiger partial charge in [-0.25, -0.2) is 4.98 Å². The lowest BCUT2D eigenvalue weighted by molar-refractivity contribution is -0.117. The van der Waals surface area contributed by atoms with Crippen molar-refractivity contribution in [3.8, 4) is 5.75 Å². The van der Waals surface area contributed by atoms with Crippen LogP contribution in [0.4, 0.5) is 17.2 Å². The second-order valence-electron chi connectivity index (χ2n) is 8.31. The zero-order valence-corrected chi connectivity index (χ0v) is 18.8. The number of nitrogens with one attached hydrogen (secondary N) is 3. The van der Waals surface area contributed by atoms with Gasteiger partial charge in [0.2, 0.25) is 5.91 Å². The van der Waals surface area contributed by atoms with Crippen molar-refractivity contribution < 1.29 is 23.9 Å². The van der Waals surface area contributed by atoms with E-state index in [1.54, 1.807) is 24.3 Å². The highest BCUT2D eigenvalue weighted by molar-refractivity contribution is 6.03. The third-order valence-corrected chi connectivity index (χ3v) is 5.77. The van der Waals surface area contributed by atoms with Gasteiger partial charge in [-0.05, 0) is 44.7 Å². The number of methoxy groups -OCH3 is 1. The Kier molecular flexibility index (Phi) is 6.88. The zero-order valence-electron chi connectivity index (χ0n) is 18.8. The van der Waals surface area contributed by atoms with Gasteiger partial charge in [0.05, 0.1) is 29.6 Å². The van der Waals surface area contributed by atoms with E-state index in [4.69, 9.17) is 9.47 Å². The maximum Gasteiger partial charge on any atom is 0.255 e. The topological polar surface area (TPSA) is 119 Å². The molecule has 1 aliphatic carbocycles. The molecular weight excluding hydrogens is 424 g/mol. The maximum absolute atomic E-state index is 12.9. The van der Waals surface area contributed by atoms with Gasteiger partial charge in [-0.2, -0.15) is 0 Å². The van der Waals surface area contributed by atoms with E-state index in [9.17, 15) is 14.4 Å². The molecule has 2 heterocycles. The van der Waals surface area contributed by atoms with E-state index in [1.807, 2.05) is 0 Å². The van der Waals surface area contributed by atoms with Crippen LogP contribution in [-0.4, -0.2) is 48.9 Å². The lowest BCUT2D eigenvalue weighted by Crippen LogP contribution is -2.39. The van der Waals surface area contributed by atoms with E-state index in [1.165, 1.54) is 20.2 Å². The molecule has 1 aliphatic heterocycles. The molecule has 1 aromatic heterocycles. The van der Waals surface area contributed by atoms with Crippen molar-refractivity contribution in [2.75, 3.05) is 31.0 Å². The standard InChI is InChI=1S/C24H28N4O5/c1-14(29)18-13-25-21(28-23(30)15-6-7-15)12-20(18)27-19-5-3-4-17(22(19)32-2)24(31)26-16-8-10-33-11-9-16/h3-5,12-13,15-16H,6-11H2,1-2H3,(H,26,31)(H2,25,27,28,30). The second kappa shape index (κ2) is 9.99. The Morgan fingerprint density at radius 1 is 1.06 bits per heavy atom. The molecule has 9 nitrogen and oxygen atoms in total. The molecule has 0 atom stereocenters. The van der Waals surface area contributed by atoms with Crippen molar-refractivity contribution in [3.05, 3.63) is 41.6 Å². The minimum atomic E-state index is -0.235. The van der Waals surface area contributed by atoms with Crippen LogP contribution in [0.2, 0.25) is 0 Å². The van der Waals surface area contributed by atoms with Crippen molar-refractivity contribution in [1.82, 2.24) is 10.3 Å². The number of carbonyl (C=O) groups is 3. The number of ketones is 1. The minimum Gasteiger partial charge on any atom is -0.494 e. The van der Waals surface area contributed by atoms with Crippen LogP contribution in [0, 0.1) is 5.92 Å². The third kappa shape index (κ3) is 5.48. The molecule has 33 heavy (non-hydrogen) atoms. The molecule has 0 spiro atoms. The van der Waals surface area contributed by atoms with Crippen molar-refractivity contribution in [3.63, 3.8) is 0 Å². The molecule has 1 saturated carbocycles. The highest BCUT2D eigenvalue weighted by Crippen LogP contribution is 2.34. The maximum atomic E-state index is 12.9. The minimum absolute atomic E-state index is 0.0294. The number of nitrogens with zero attached hydrogens (tertiary/aromatic N) is 1. The molecule has 174 valence electrons. The zero-order chi connectivity index (χ0) is 23.4. The Morgan fingerprint density at radius 3 is 2.48 bits per heavy atom. The van der Waals surface area contributed by atoms with Gasteiger partial charge in [0.15, 0.2) is 11.5 Å². The van der Waals surface area contributed by atoms with Crippen LogP contribution < -0.4 is 20.7 Å². The number of rotatable bonds is 8. The fourth-order valence-corrected chi connectivity index (χ4v) is 3.77. The summed E-state index contributed by atoms with van der Waals surface area (Å²) in [6, 6.07) is 6.86. The van der Waals surface area contributed by atoms with E-state index in [0.717, 1.165) is 25.7 Å². The van der Waals surface area contributed by atoms with Crippen LogP contribution in [0.3, 0.4) is 0 Å². The number of anilines is 3. The first-order valence-corrected chi connectivity index (χ1v) is 11.1. The highest BCUT2D eigenvalue weighted by Gasteiger charge is 2.30. The molecule has 2 aliphatic rings. The molecule has 1 aromatic carbocycles. The fourth-order valence-electron chi connectivity index (χ4n) is 3.77. The van der Waals surface area contributed by atoms with Gasteiger partial charge in [0.25, 0.3) is 5.91 Å². The number of hydrogen-bond donors (Lipinski definition) is 3. The molecule has 2 amide bonds. The van der Waals surface area contributed by atoms with E-state index < -0.39 is 0 Å². The number of aromatic nitrogens is 1. The Balaban J connectivity index is 1.59. The van der Waals surface area contributed by atoms with Gasteiger partial charge >= 0.3 is 0 Å². The summed E-state index contributed by atoms with van der Waals surface area (Å²) in [6.45, 7) is 2.69. The third-order valence-electron chi connectivity index (χ3n) is 5.77. The van der Waals surface area contributed by atoms with Crippen LogP contribution in [0.5, 0.6) is 5.75 Å². The first-order chi connectivity index (χ1) is 16.0. The van der Waals surface area contributed by atoms with Gasteiger partial charge in [0.1, 0.15) is 5.82 Å². The van der Waals surface area contributed by atoms with Gasteiger partial charge in [0, 0.05) is 37.4 Å². The van der Waals surface area contributed by atoms with Crippen LogP contribution in [0.25, 0.3) is 0 Å². The van der Waals surface area contributed by atoms with Crippen LogP contribution in [0.1, 0.15) is 53.3 Å². The summed E-state index contributed by atoms with van der Waals surface area (Å²) in [5, 5.41) is 9.03. The largest absolute Gasteiger partial charge is 0.494 e. The van der Waals surface area contributed by atoms with E-state index in [-0.39, 0.29) is 29.6 Å². The van der Waals surface area contributed by atoms with E-state index in [0.29, 0.717) is 47.3 Å². The quantitative estimate of drug-likeness (QED) is 0.526. The Hall–Kier alpha value is -3.46. The number of ether oxygens (including phenoxy) is 2. The lowest BCUT2D eigenvalue weighted by atomic mass is 10.1. The van der Waals surface area contributed by atoms with Gasteiger partial charge in [-0.15, -0.1) is 0 Å². The molecule has 1 saturated heterocycles. The Labute approximate surface area is 192 Å². The molecule has 2 fully saturated rings. The van der Waals surface area contributed by atoms with Crippen LogP contribution in [0.15, 0.2) is 30.5 Å². The average molecular weight is 453 g/mol. The van der Waals surface area contributed by atoms with Crippen LogP contribution >= 0.6 is 0 Å². The summed E-state index contributed by atoms with van der Waals surface area (Å²) in [4.78, 5) is 41.5. The number of benzene rings is 1. The van der Waals surface area contributed by atoms with Gasteiger partial charge < -0.3 is 25.4 Å². The summed E-state index contributed by atoms with van der Waals surface area (Å²) in [7, 11) is 1.49. The normalized spacial score (nSPS) is 16.1. The van der Waals surface area contributed by atoms with Crippen molar-refractivity contribution in [2.24, 2.45) is 5.92 Å². The summed E-state index contributed by atoms with van der Waals surface area (Å²) in [5.74, 6) is 0.248. The van der Waals surface area contributed by atoms with Gasteiger partial charge in [-0.3, -0.25) is 14.4 Å². The summed E-state index contributed by atoms with van der Waals surface area (Å²) in [6.07, 6.45) is 4.72. The van der Waals surface area contributed by atoms with Gasteiger partial charge in [-0.1, -0.05) is 6.07 Å². The number of para-hydroxylation sites is 1. The average Bonchev–Trinajstić information content (AvgIpc) is 3.65. The van der Waals surface area contributed by atoms with Crippen LogP contribution in [-0.2, 0) is 9.53 Å². The summed E-state index contributed by atoms with van der Waals surface area (Å²) < 4.78 is 10.9. The summed E-state index contributed by atoms with van der Waals surface area (Å²) in [5.41, 5.74) is 1.72. The lowest BCUT2D eigenvalue weighted by Gasteiger charge is -2.24. The van der Waals surface area contributed by atoms with Crippen molar-refractivity contribution >= 4 is 34.8 Å². The Morgan fingerprint density at radius 2 is 1.82 bits per heavy atom. The number of hydrogen-bond acceptors (Lipinski definition) is 7. The number of pyridine rings is 1. The number of carbonyl (C=O) groups excluding carboxylic acids is 3. The molecule has 4 rings (SSSR count). The summed E-state index contributed by atoms with van der Waals surface area (Å²) >= 11 is 0. The number of amides is 2. The molecule has 9 heteroatoms. The van der Waals surface area contributed by atoms with E-state index >= 15 is 0 Å². The molecule has 2 aromatic rings. The van der Waals surface area contributed by atoms with Crippen molar-refractivity contribution in [2.45, 2.75) is 38.6 Å². The van der Waals surface area contributed by atoms with E-state index in [2.05, 4.69) is 20.9 Å². The molecule has 3 N–H and O–H groups in total. The molecule has 0 radical (unpaired) electrons. The molecular formula is C24H28N4O5. The first-order valence-electron chi connectivity index (χ1n) is 11.1. The molecule has 0 bridgehead atoms.